The molecule has 1 amide bonds. The number of nitrogens with two attached hydrogens (primary N) is 1. The summed E-state index contributed by atoms with van der Waals surface area (Å²) in [6.45, 7) is 3.62. The Morgan fingerprint density at radius 2 is 2.03 bits per heavy atom. The lowest BCUT2D eigenvalue weighted by Gasteiger charge is -2.15. The zero-order valence-corrected chi connectivity index (χ0v) is 19.1. The van der Waals surface area contributed by atoms with Gasteiger partial charge in [-0.3, -0.25) is 4.79 Å². The Morgan fingerprint density at radius 1 is 1.26 bits per heavy atom. The summed E-state index contributed by atoms with van der Waals surface area (Å²) in [5.74, 6) is -0.371. The highest BCUT2D eigenvalue weighted by molar-refractivity contribution is 5.87. The van der Waals surface area contributed by atoms with Crippen molar-refractivity contribution in [2.75, 3.05) is 17.7 Å². The molecule has 1 unspecified atom stereocenters. The molecule has 11 heteroatoms. The van der Waals surface area contributed by atoms with Crippen LogP contribution in [0, 0.1) is 5.41 Å². The van der Waals surface area contributed by atoms with E-state index in [9.17, 15) is 18.0 Å². The molecule has 184 valence electrons. The number of hydrogen-bond donors (Lipinski definition) is 4. The summed E-state index contributed by atoms with van der Waals surface area (Å²) in [6.07, 6.45) is -2.22. The molecule has 1 heterocycles. The van der Waals surface area contributed by atoms with E-state index >= 15 is 0 Å². The summed E-state index contributed by atoms with van der Waals surface area (Å²) in [6, 6.07) is 10.8. The molecular formula is C24H25F3N6O2. The number of carbonyl (C=O) groups excluding carboxylic acids is 1. The molecule has 2 aromatic carbocycles. The molecule has 0 bridgehead atoms. The van der Waals surface area contributed by atoms with E-state index < -0.39 is 17.6 Å². The first kappa shape index (κ1) is 25.5. The van der Waals surface area contributed by atoms with Gasteiger partial charge in [-0.05, 0) is 43.7 Å². The number of halogens is 3. The molecule has 0 saturated heterocycles. The number of nitrogens with zero attached hydrogens (tertiary/aromatic N) is 2. The van der Waals surface area contributed by atoms with Crippen molar-refractivity contribution in [1.82, 2.24) is 15.3 Å². The fourth-order valence-corrected chi connectivity index (χ4v) is 3.03. The van der Waals surface area contributed by atoms with Gasteiger partial charge in [-0.2, -0.15) is 13.2 Å². The minimum absolute atomic E-state index is 0.0139. The van der Waals surface area contributed by atoms with Crippen LogP contribution in [0.25, 0.3) is 11.4 Å². The smallest absolute Gasteiger partial charge is 0.421 e. The maximum Gasteiger partial charge on any atom is 0.421 e. The third-order valence-electron chi connectivity index (χ3n) is 5.08. The number of ether oxygens (including phenoxy) is 1. The van der Waals surface area contributed by atoms with Crippen LogP contribution in [0.3, 0.4) is 0 Å². The number of hydrogen-bond acceptors (Lipinski definition) is 7. The number of rotatable bonds is 9. The fourth-order valence-electron chi connectivity index (χ4n) is 3.03. The van der Waals surface area contributed by atoms with Gasteiger partial charge in [0, 0.05) is 41.0 Å². The van der Waals surface area contributed by atoms with Crippen LogP contribution in [0.5, 0.6) is 5.75 Å². The second-order valence-electron chi connectivity index (χ2n) is 7.76. The highest BCUT2D eigenvalue weighted by atomic mass is 19.4. The fraction of sp³-hybridized carbons (Fsp3) is 0.250. The molecule has 8 nitrogen and oxygen atoms in total. The van der Waals surface area contributed by atoms with Gasteiger partial charge in [0.2, 0.25) is 0 Å². The van der Waals surface area contributed by atoms with E-state index in [0.717, 1.165) is 12.6 Å². The highest BCUT2D eigenvalue weighted by Crippen LogP contribution is 2.36. The van der Waals surface area contributed by atoms with Crippen LogP contribution >= 0.6 is 0 Å². The standard InChI is InChI=1S/C24H25F3N6O2/c1-3-14(2)31-21(34)13-35-18-6-4-5-15(10-18)22-30-12-19(24(25,26)27)23(33-22)32-17-7-8-20(29)16(9-17)11-28/h4-12,14,28H,3,13,29H2,1-2H3,(H,31,34)(H,30,32,33). The van der Waals surface area contributed by atoms with Gasteiger partial charge < -0.3 is 26.5 Å². The maximum atomic E-state index is 13.6. The molecular weight excluding hydrogens is 461 g/mol. The van der Waals surface area contributed by atoms with Gasteiger partial charge in [-0.15, -0.1) is 0 Å². The molecule has 0 aliphatic carbocycles. The maximum absolute atomic E-state index is 13.6. The van der Waals surface area contributed by atoms with Crippen molar-refractivity contribution in [2.45, 2.75) is 32.5 Å². The molecule has 0 radical (unpaired) electrons. The molecule has 1 aromatic heterocycles. The van der Waals surface area contributed by atoms with E-state index in [1.807, 2.05) is 13.8 Å². The van der Waals surface area contributed by atoms with E-state index in [4.69, 9.17) is 15.9 Å². The number of nitrogen functional groups attached to an aromatic ring is 1. The minimum Gasteiger partial charge on any atom is -0.484 e. The van der Waals surface area contributed by atoms with E-state index in [0.29, 0.717) is 28.8 Å². The first-order valence-electron chi connectivity index (χ1n) is 10.7. The molecule has 5 N–H and O–H groups in total. The predicted octanol–water partition coefficient (Wildman–Crippen LogP) is 4.78. The van der Waals surface area contributed by atoms with Crippen molar-refractivity contribution in [2.24, 2.45) is 0 Å². The van der Waals surface area contributed by atoms with Crippen LogP contribution < -0.4 is 21.1 Å². The molecule has 0 aliphatic heterocycles. The molecule has 0 fully saturated rings. The predicted molar refractivity (Wildman–Crippen MR) is 128 cm³/mol. The van der Waals surface area contributed by atoms with E-state index in [-0.39, 0.29) is 30.1 Å². The summed E-state index contributed by atoms with van der Waals surface area (Å²) in [5, 5.41) is 12.8. The average molecular weight is 486 g/mol. The lowest BCUT2D eigenvalue weighted by atomic mass is 10.1. The first-order valence-corrected chi connectivity index (χ1v) is 10.7. The average Bonchev–Trinajstić information content (AvgIpc) is 2.83. The second-order valence-corrected chi connectivity index (χ2v) is 7.76. The summed E-state index contributed by atoms with van der Waals surface area (Å²) in [7, 11) is 0. The Labute approximate surface area is 200 Å². The Bertz CT molecular complexity index is 1220. The van der Waals surface area contributed by atoms with Gasteiger partial charge in [0.15, 0.2) is 12.4 Å². The molecule has 35 heavy (non-hydrogen) atoms. The van der Waals surface area contributed by atoms with E-state index in [1.54, 1.807) is 24.3 Å². The molecule has 0 aliphatic rings. The van der Waals surface area contributed by atoms with E-state index in [2.05, 4.69) is 20.6 Å². The zero-order valence-electron chi connectivity index (χ0n) is 19.1. The normalized spacial score (nSPS) is 12.0. The number of amides is 1. The molecule has 1 atom stereocenters. The minimum atomic E-state index is -4.70. The summed E-state index contributed by atoms with van der Waals surface area (Å²) in [5.41, 5.74) is 6.05. The van der Waals surface area contributed by atoms with Crippen LogP contribution in [0.4, 0.5) is 30.4 Å². The monoisotopic (exact) mass is 486 g/mol. The Kier molecular flexibility index (Phi) is 7.90. The first-order chi connectivity index (χ1) is 16.6. The van der Waals surface area contributed by atoms with Gasteiger partial charge >= 0.3 is 6.18 Å². The van der Waals surface area contributed by atoms with Crippen molar-refractivity contribution in [3.63, 3.8) is 0 Å². The topological polar surface area (TPSA) is 126 Å². The van der Waals surface area contributed by atoms with Gasteiger partial charge in [0.1, 0.15) is 17.1 Å². The Balaban J connectivity index is 1.88. The Hall–Kier alpha value is -4.15. The number of benzene rings is 2. The third kappa shape index (κ3) is 6.69. The molecule has 3 rings (SSSR count). The van der Waals surface area contributed by atoms with Crippen molar-refractivity contribution in [3.05, 3.63) is 59.8 Å². The van der Waals surface area contributed by atoms with E-state index in [1.165, 1.54) is 18.2 Å². The number of aromatic nitrogens is 2. The number of carbonyl (C=O) groups is 1. The lowest BCUT2D eigenvalue weighted by molar-refractivity contribution is -0.137. The Morgan fingerprint density at radius 3 is 2.71 bits per heavy atom. The van der Waals surface area contributed by atoms with Crippen molar-refractivity contribution in [1.29, 1.82) is 5.41 Å². The quantitative estimate of drug-likeness (QED) is 0.255. The van der Waals surface area contributed by atoms with Gasteiger partial charge in [0.25, 0.3) is 5.91 Å². The lowest BCUT2D eigenvalue weighted by Crippen LogP contribution is -2.35. The van der Waals surface area contributed by atoms with Gasteiger partial charge in [-0.1, -0.05) is 19.1 Å². The van der Waals surface area contributed by atoms with Crippen molar-refractivity contribution >= 4 is 29.3 Å². The molecule has 0 saturated carbocycles. The third-order valence-corrected chi connectivity index (χ3v) is 5.08. The zero-order chi connectivity index (χ0) is 25.6. The largest absolute Gasteiger partial charge is 0.484 e. The number of alkyl halides is 3. The SMILES string of the molecule is CCC(C)NC(=O)COc1cccc(-c2ncc(C(F)(F)F)c(Nc3ccc(N)c(C=N)c3)n2)c1. The van der Waals surface area contributed by atoms with Crippen molar-refractivity contribution < 1.29 is 22.7 Å². The van der Waals surface area contributed by atoms with Crippen molar-refractivity contribution in [3.8, 4) is 17.1 Å². The van der Waals surface area contributed by atoms with Crippen LogP contribution in [-0.4, -0.2) is 34.7 Å². The second kappa shape index (κ2) is 10.9. The number of anilines is 3. The van der Waals surface area contributed by atoms with Gasteiger partial charge in [0.05, 0.1) is 0 Å². The summed E-state index contributed by atoms with van der Waals surface area (Å²) in [4.78, 5) is 20.0. The molecule has 3 aromatic rings. The van der Waals surface area contributed by atoms with Crippen LogP contribution in [0.2, 0.25) is 0 Å². The summed E-state index contributed by atoms with van der Waals surface area (Å²) < 4.78 is 46.4. The van der Waals surface area contributed by atoms with Crippen LogP contribution in [0.1, 0.15) is 31.4 Å². The van der Waals surface area contributed by atoms with Crippen LogP contribution in [-0.2, 0) is 11.0 Å². The summed E-state index contributed by atoms with van der Waals surface area (Å²) >= 11 is 0. The number of nitrogens with one attached hydrogen (secondary N) is 3. The highest BCUT2D eigenvalue weighted by Gasteiger charge is 2.35. The van der Waals surface area contributed by atoms with Crippen LogP contribution in [0.15, 0.2) is 48.7 Å². The molecule has 0 spiro atoms. The van der Waals surface area contributed by atoms with Gasteiger partial charge in [-0.25, -0.2) is 9.97 Å².